The first-order chi connectivity index (χ1) is 6.09. The van der Waals surface area contributed by atoms with Crippen LogP contribution < -0.4 is 5.73 Å². The normalized spacial score (nSPS) is 10.8. The predicted molar refractivity (Wildman–Crippen MR) is 43.4 cm³/mol. The minimum absolute atomic E-state index is 0.105. The molecule has 0 aromatic carbocycles. The molecule has 0 saturated carbocycles. The Bertz CT molecular complexity index is 482. The van der Waals surface area contributed by atoms with Crippen molar-refractivity contribution in [2.75, 3.05) is 5.73 Å². The average molecular weight is 181 g/mol. The van der Waals surface area contributed by atoms with Crippen LogP contribution in [0.1, 0.15) is 16.3 Å². The van der Waals surface area contributed by atoms with Gasteiger partial charge in [-0.25, -0.2) is 4.79 Å². The first-order valence-corrected chi connectivity index (χ1v) is 3.54. The highest BCUT2D eigenvalue weighted by molar-refractivity contribution is 5.95. The van der Waals surface area contributed by atoms with Crippen LogP contribution in [0.2, 0.25) is 0 Å². The number of carboxylic acid groups (broad SMARTS) is 1. The lowest BCUT2D eigenvalue weighted by molar-refractivity contribution is 0.0691. The molecule has 0 atom stereocenters. The summed E-state index contributed by atoms with van der Waals surface area (Å²) in [6.45, 7) is 1.73. The van der Waals surface area contributed by atoms with Crippen molar-refractivity contribution in [1.82, 2.24) is 19.8 Å². The summed E-state index contributed by atoms with van der Waals surface area (Å²) in [5, 5.41) is 16.2. The summed E-state index contributed by atoms with van der Waals surface area (Å²) in [6.07, 6.45) is 0. The number of anilines is 1. The van der Waals surface area contributed by atoms with Crippen LogP contribution in [0.15, 0.2) is 0 Å². The standard InChI is InChI=1S/C6H7N5O2/c1-2-8-5-3(7)4(6(12)13)10-11(5)9-2/h7H2,1H3,(H,8,9)(H,12,13). The molecular formula is C6H7N5O2. The molecule has 0 radical (unpaired) electrons. The highest BCUT2D eigenvalue weighted by Crippen LogP contribution is 2.15. The first-order valence-electron chi connectivity index (χ1n) is 3.54. The second-order valence-corrected chi connectivity index (χ2v) is 2.62. The van der Waals surface area contributed by atoms with E-state index in [1.54, 1.807) is 6.92 Å². The number of aromatic carboxylic acids is 1. The zero-order chi connectivity index (χ0) is 9.59. The van der Waals surface area contributed by atoms with Gasteiger partial charge in [0.2, 0.25) is 0 Å². The molecule has 0 saturated heterocycles. The van der Waals surface area contributed by atoms with Crippen LogP contribution in [0.5, 0.6) is 0 Å². The highest BCUT2D eigenvalue weighted by Gasteiger charge is 2.17. The molecular weight excluding hydrogens is 174 g/mol. The summed E-state index contributed by atoms with van der Waals surface area (Å²) < 4.78 is 1.17. The fraction of sp³-hybridized carbons (Fsp3) is 0.167. The number of nitrogens with zero attached hydrogens (tertiary/aromatic N) is 3. The molecule has 2 aromatic rings. The number of carbonyl (C=O) groups is 1. The fourth-order valence-corrected chi connectivity index (χ4v) is 1.10. The molecule has 0 aliphatic rings. The number of aryl methyl sites for hydroxylation is 1. The summed E-state index contributed by atoms with van der Waals surface area (Å²) in [4.78, 5) is 13.4. The van der Waals surface area contributed by atoms with E-state index in [0.29, 0.717) is 11.5 Å². The van der Waals surface area contributed by atoms with E-state index in [1.807, 2.05) is 0 Å². The number of nitrogens with two attached hydrogens (primary N) is 1. The zero-order valence-electron chi connectivity index (χ0n) is 6.77. The lowest BCUT2D eigenvalue weighted by Crippen LogP contribution is -2.02. The molecule has 0 aliphatic carbocycles. The number of hydrogen-bond donors (Lipinski definition) is 3. The van der Waals surface area contributed by atoms with E-state index in [2.05, 4.69) is 15.2 Å². The molecule has 0 spiro atoms. The van der Waals surface area contributed by atoms with E-state index in [1.165, 1.54) is 4.63 Å². The van der Waals surface area contributed by atoms with Crippen LogP contribution in [0.25, 0.3) is 5.65 Å². The van der Waals surface area contributed by atoms with Gasteiger partial charge >= 0.3 is 5.97 Å². The molecule has 4 N–H and O–H groups in total. The van der Waals surface area contributed by atoms with E-state index in [-0.39, 0.29) is 11.4 Å². The van der Waals surface area contributed by atoms with Crippen molar-refractivity contribution >= 4 is 17.3 Å². The van der Waals surface area contributed by atoms with Gasteiger partial charge in [-0.15, -0.1) is 14.8 Å². The van der Waals surface area contributed by atoms with Gasteiger partial charge < -0.3 is 15.8 Å². The van der Waals surface area contributed by atoms with Crippen LogP contribution >= 0.6 is 0 Å². The number of hydrogen-bond acceptors (Lipinski definition) is 4. The summed E-state index contributed by atoms with van der Waals surface area (Å²) >= 11 is 0. The Morgan fingerprint density at radius 2 is 2.31 bits per heavy atom. The van der Waals surface area contributed by atoms with Crippen LogP contribution in [0.3, 0.4) is 0 Å². The Hall–Kier alpha value is -2.05. The molecule has 7 heteroatoms. The van der Waals surface area contributed by atoms with Gasteiger partial charge in [-0.2, -0.15) is 0 Å². The lowest BCUT2D eigenvalue weighted by Gasteiger charge is -1.87. The number of carboxylic acids is 1. The highest BCUT2D eigenvalue weighted by atomic mass is 16.4. The molecule has 68 valence electrons. The van der Waals surface area contributed by atoms with E-state index in [4.69, 9.17) is 10.8 Å². The van der Waals surface area contributed by atoms with Crippen LogP contribution in [-0.4, -0.2) is 30.9 Å². The summed E-state index contributed by atoms with van der Waals surface area (Å²) in [5.41, 5.74) is 5.85. The van der Waals surface area contributed by atoms with Gasteiger partial charge in [0.05, 0.1) is 0 Å². The number of aromatic nitrogens is 4. The Labute approximate surface area is 72.2 Å². The number of aromatic amines is 1. The minimum Gasteiger partial charge on any atom is -0.476 e. The quantitative estimate of drug-likeness (QED) is 0.556. The number of rotatable bonds is 1. The maximum Gasteiger partial charge on any atom is 0.358 e. The summed E-state index contributed by atoms with van der Waals surface area (Å²) in [6, 6.07) is 0. The third kappa shape index (κ3) is 0.934. The molecule has 0 aliphatic heterocycles. The van der Waals surface area contributed by atoms with Gasteiger partial charge in [0.1, 0.15) is 11.5 Å². The molecule has 2 aromatic heterocycles. The van der Waals surface area contributed by atoms with Crippen molar-refractivity contribution in [2.45, 2.75) is 6.92 Å². The Balaban J connectivity index is 2.76. The van der Waals surface area contributed by atoms with Crippen molar-refractivity contribution in [1.29, 1.82) is 0 Å². The molecule has 2 heterocycles. The molecule has 13 heavy (non-hydrogen) atoms. The summed E-state index contributed by atoms with van der Waals surface area (Å²) in [5.74, 6) is -0.528. The van der Waals surface area contributed by atoms with E-state index >= 15 is 0 Å². The second kappa shape index (κ2) is 2.22. The van der Waals surface area contributed by atoms with Crippen molar-refractivity contribution in [3.8, 4) is 0 Å². The number of H-pyrrole nitrogens is 1. The van der Waals surface area contributed by atoms with E-state index in [9.17, 15) is 4.79 Å². The summed E-state index contributed by atoms with van der Waals surface area (Å²) in [7, 11) is 0. The van der Waals surface area contributed by atoms with Crippen LogP contribution in [0, 0.1) is 6.92 Å². The minimum atomic E-state index is -1.16. The van der Waals surface area contributed by atoms with Crippen molar-refractivity contribution in [2.24, 2.45) is 0 Å². The third-order valence-electron chi connectivity index (χ3n) is 1.65. The maximum atomic E-state index is 10.6. The largest absolute Gasteiger partial charge is 0.476 e. The first kappa shape index (κ1) is 7.59. The van der Waals surface area contributed by atoms with Gasteiger partial charge in [0.15, 0.2) is 11.3 Å². The Morgan fingerprint density at radius 1 is 1.62 bits per heavy atom. The van der Waals surface area contributed by atoms with Gasteiger partial charge in [0.25, 0.3) is 0 Å². The Morgan fingerprint density at radius 3 is 2.85 bits per heavy atom. The van der Waals surface area contributed by atoms with Crippen molar-refractivity contribution in [3.05, 3.63) is 11.5 Å². The van der Waals surface area contributed by atoms with Gasteiger partial charge in [-0.1, -0.05) is 0 Å². The zero-order valence-corrected chi connectivity index (χ0v) is 6.77. The molecule has 0 bridgehead atoms. The Kier molecular flexibility index (Phi) is 1.30. The molecule has 0 fully saturated rings. The lowest BCUT2D eigenvalue weighted by atomic mass is 10.4. The number of nitrogen functional groups attached to an aromatic ring is 1. The molecule has 0 unspecified atom stereocenters. The molecule has 7 nitrogen and oxygen atoms in total. The second-order valence-electron chi connectivity index (χ2n) is 2.62. The van der Waals surface area contributed by atoms with Crippen molar-refractivity contribution < 1.29 is 9.90 Å². The number of nitrogens with one attached hydrogen (secondary N) is 1. The SMILES string of the molecule is Cc1nn2nc(C(=O)O)c(N)c2[nH]1. The average Bonchev–Trinajstić information content (AvgIpc) is 2.51. The third-order valence-corrected chi connectivity index (χ3v) is 1.65. The smallest absolute Gasteiger partial charge is 0.358 e. The van der Waals surface area contributed by atoms with Gasteiger partial charge in [-0.3, -0.25) is 0 Å². The van der Waals surface area contributed by atoms with E-state index < -0.39 is 5.97 Å². The monoisotopic (exact) mass is 181 g/mol. The predicted octanol–water partition coefficient (Wildman–Crippen LogP) is -0.354. The number of fused-ring (bicyclic) bond motifs is 1. The van der Waals surface area contributed by atoms with Gasteiger partial charge in [0, 0.05) is 0 Å². The van der Waals surface area contributed by atoms with E-state index in [0.717, 1.165) is 0 Å². The van der Waals surface area contributed by atoms with Crippen LogP contribution in [0.4, 0.5) is 5.69 Å². The van der Waals surface area contributed by atoms with Crippen molar-refractivity contribution in [3.63, 3.8) is 0 Å². The maximum absolute atomic E-state index is 10.6. The van der Waals surface area contributed by atoms with Crippen LogP contribution in [-0.2, 0) is 0 Å². The molecule has 0 amide bonds. The molecule has 2 rings (SSSR count). The van der Waals surface area contributed by atoms with Gasteiger partial charge in [-0.05, 0) is 6.92 Å². The topological polar surface area (TPSA) is 109 Å². The fourth-order valence-electron chi connectivity index (χ4n) is 1.10.